The first-order valence-corrected chi connectivity index (χ1v) is 12.4. The van der Waals surface area contributed by atoms with Crippen molar-refractivity contribution in [3.63, 3.8) is 0 Å². The van der Waals surface area contributed by atoms with Gasteiger partial charge in [0, 0.05) is 30.2 Å². The van der Waals surface area contributed by atoms with Crippen LogP contribution in [0.5, 0.6) is 5.75 Å². The van der Waals surface area contributed by atoms with Crippen LogP contribution >= 0.6 is 0 Å². The number of carboxylic acid groups (broad SMARTS) is 1. The molecule has 0 aromatic heterocycles. The van der Waals surface area contributed by atoms with Crippen molar-refractivity contribution in [3.8, 4) is 5.75 Å². The average molecular weight is 564 g/mol. The predicted molar refractivity (Wildman–Crippen MR) is 143 cm³/mol. The fourth-order valence-corrected chi connectivity index (χ4v) is 3.45. The summed E-state index contributed by atoms with van der Waals surface area (Å²) in [5.74, 6) is -3.67. The second-order valence-electron chi connectivity index (χ2n) is 9.13. The number of Topliss-reactive ketones (excluding diaryl/α,β-unsaturated/α-hetero) is 2. The summed E-state index contributed by atoms with van der Waals surface area (Å²) in [6.45, 7) is 5.27. The summed E-state index contributed by atoms with van der Waals surface area (Å²) in [6, 6.07) is 7.37. The van der Waals surface area contributed by atoms with Crippen LogP contribution in [-0.4, -0.2) is 60.7 Å². The summed E-state index contributed by atoms with van der Waals surface area (Å²) in [5.41, 5.74) is 0.752. The Kier molecular flexibility index (Phi) is 14.1. The molecule has 0 aliphatic heterocycles. The monoisotopic (exact) mass is 563 g/mol. The van der Waals surface area contributed by atoms with Crippen LogP contribution in [0.15, 0.2) is 36.4 Å². The summed E-state index contributed by atoms with van der Waals surface area (Å²) in [5, 5.41) is 15.2. The van der Waals surface area contributed by atoms with E-state index in [4.69, 9.17) is 14.6 Å². The molecule has 10 nitrogen and oxygen atoms in total. The molecule has 0 aliphatic rings. The number of methoxy groups -OCH3 is 1. The van der Waals surface area contributed by atoms with Crippen LogP contribution in [0, 0.1) is 17.6 Å². The minimum Gasteiger partial charge on any atom is -0.496 e. The molecule has 2 rings (SSSR count). The molecule has 218 valence electrons. The van der Waals surface area contributed by atoms with Gasteiger partial charge in [0.2, 0.25) is 11.8 Å². The van der Waals surface area contributed by atoms with E-state index in [1.54, 1.807) is 32.0 Å². The zero-order chi connectivity index (χ0) is 30.4. The Bertz CT molecular complexity index is 1190. The van der Waals surface area contributed by atoms with Crippen LogP contribution in [0.3, 0.4) is 0 Å². The van der Waals surface area contributed by atoms with Gasteiger partial charge in [0.15, 0.2) is 11.6 Å². The second-order valence-corrected chi connectivity index (χ2v) is 9.13. The van der Waals surface area contributed by atoms with Gasteiger partial charge in [0.05, 0.1) is 26.6 Å². The lowest BCUT2D eigenvalue weighted by atomic mass is 10.0. The lowest BCUT2D eigenvalue weighted by molar-refractivity contribution is -0.134. The normalized spacial score (nSPS) is 11.1. The maximum absolute atomic E-state index is 13.7. The molecule has 40 heavy (non-hydrogen) atoms. The lowest BCUT2D eigenvalue weighted by Crippen LogP contribution is -2.51. The topological polar surface area (TPSA) is 151 Å². The van der Waals surface area contributed by atoms with Crippen LogP contribution in [0.25, 0.3) is 0 Å². The summed E-state index contributed by atoms with van der Waals surface area (Å²) < 4.78 is 32.6. The number of hydrogen-bond donors (Lipinski definition) is 4. The van der Waals surface area contributed by atoms with Gasteiger partial charge in [-0.3, -0.25) is 24.0 Å². The molecule has 0 bridgehead atoms. The number of rotatable bonds is 13. The molecule has 1 atom stereocenters. The van der Waals surface area contributed by atoms with Crippen LogP contribution in [0.4, 0.5) is 8.78 Å². The van der Waals surface area contributed by atoms with Gasteiger partial charge in [0.1, 0.15) is 23.4 Å². The molecule has 0 aliphatic carbocycles. The summed E-state index contributed by atoms with van der Waals surface area (Å²) in [4.78, 5) is 58.1. The number of halogens is 2. The van der Waals surface area contributed by atoms with Gasteiger partial charge >= 0.3 is 0 Å². The molecular weight excluding hydrogens is 528 g/mol. The molecule has 0 saturated heterocycles. The minimum atomic E-state index is -0.909. The Morgan fingerprint density at radius 3 is 2.10 bits per heavy atom. The molecule has 0 fully saturated rings. The Hall–Kier alpha value is -4.19. The zero-order valence-corrected chi connectivity index (χ0v) is 23.1. The zero-order valence-electron chi connectivity index (χ0n) is 23.1. The SMILES string of the molecule is CC(=O)O.COc1ccc(C(C)=O)cc1CC(=O)NC(C(=O)NCC(=O)CNCc1c(F)cccc1F)C(C)C. The van der Waals surface area contributed by atoms with E-state index in [1.807, 2.05) is 0 Å². The number of carbonyl (C=O) groups excluding carboxylic acids is 4. The van der Waals surface area contributed by atoms with Crippen molar-refractivity contribution in [1.82, 2.24) is 16.0 Å². The van der Waals surface area contributed by atoms with Crippen LogP contribution in [0.2, 0.25) is 0 Å². The molecule has 2 aromatic rings. The van der Waals surface area contributed by atoms with Crippen molar-refractivity contribution in [3.05, 3.63) is 64.7 Å². The molecule has 0 saturated carbocycles. The highest BCUT2D eigenvalue weighted by molar-refractivity contribution is 5.95. The third-order valence-electron chi connectivity index (χ3n) is 5.45. The molecule has 0 spiro atoms. The lowest BCUT2D eigenvalue weighted by Gasteiger charge is -2.22. The number of aliphatic carboxylic acids is 1. The molecule has 2 aromatic carbocycles. The summed E-state index contributed by atoms with van der Waals surface area (Å²) in [7, 11) is 1.45. The van der Waals surface area contributed by atoms with E-state index < -0.39 is 41.2 Å². The van der Waals surface area contributed by atoms with Crippen molar-refractivity contribution in [2.24, 2.45) is 5.92 Å². The Morgan fingerprint density at radius 2 is 1.57 bits per heavy atom. The highest BCUT2D eigenvalue weighted by Gasteiger charge is 2.25. The molecule has 0 heterocycles. The summed E-state index contributed by atoms with van der Waals surface area (Å²) in [6.07, 6.45) is -0.115. The maximum atomic E-state index is 13.7. The molecule has 12 heteroatoms. The predicted octanol–water partition coefficient (Wildman–Crippen LogP) is 2.43. The van der Waals surface area contributed by atoms with E-state index in [2.05, 4.69) is 16.0 Å². The Labute approximate surface area is 231 Å². The quantitative estimate of drug-likeness (QED) is 0.271. The number of amides is 2. The van der Waals surface area contributed by atoms with Crippen LogP contribution in [0.1, 0.15) is 49.2 Å². The Morgan fingerprint density at radius 1 is 0.975 bits per heavy atom. The third kappa shape index (κ3) is 11.7. The van der Waals surface area contributed by atoms with E-state index in [-0.39, 0.29) is 43.3 Å². The van der Waals surface area contributed by atoms with E-state index in [1.165, 1.54) is 20.1 Å². The van der Waals surface area contributed by atoms with Crippen LogP contribution in [-0.2, 0) is 32.1 Å². The fraction of sp³-hybridized carbons (Fsp3) is 0.393. The van der Waals surface area contributed by atoms with E-state index >= 15 is 0 Å². The van der Waals surface area contributed by atoms with Gasteiger partial charge in [-0.15, -0.1) is 0 Å². The van der Waals surface area contributed by atoms with Gasteiger partial charge in [0.25, 0.3) is 5.97 Å². The highest BCUT2D eigenvalue weighted by atomic mass is 19.1. The van der Waals surface area contributed by atoms with E-state index in [9.17, 15) is 28.0 Å². The van der Waals surface area contributed by atoms with Crippen molar-refractivity contribution in [2.75, 3.05) is 20.2 Å². The van der Waals surface area contributed by atoms with Gasteiger partial charge in [-0.05, 0) is 43.2 Å². The second kappa shape index (κ2) is 16.7. The largest absolute Gasteiger partial charge is 0.496 e. The number of ether oxygens (including phenoxy) is 1. The first-order chi connectivity index (χ1) is 18.8. The van der Waals surface area contributed by atoms with E-state index in [0.29, 0.717) is 16.9 Å². The number of carbonyl (C=O) groups is 5. The number of hydrogen-bond acceptors (Lipinski definition) is 7. The Balaban J connectivity index is 0.00000187. The van der Waals surface area contributed by atoms with Gasteiger partial charge in [-0.1, -0.05) is 19.9 Å². The number of nitrogens with one attached hydrogen (secondary N) is 3. The van der Waals surface area contributed by atoms with E-state index in [0.717, 1.165) is 19.1 Å². The molecular formula is C28H35F2N3O7. The highest BCUT2D eigenvalue weighted by Crippen LogP contribution is 2.21. The third-order valence-corrected chi connectivity index (χ3v) is 5.45. The average Bonchev–Trinajstić information content (AvgIpc) is 2.87. The first kappa shape index (κ1) is 33.8. The van der Waals surface area contributed by atoms with Gasteiger partial charge < -0.3 is 25.8 Å². The van der Waals surface area contributed by atoms with Gasteiger partial charge in [-0.2, -0.15) is 0 Å². The summed E-state index contributed by atoms with van der Waals surface area (Å²) >= 11 is 0. The first-order valence-electron chi connectivity index (χ1n) is 12.4. The maximum Gasteiger partial charge on any atom is 0.300 e. The number of benzene rings is 2. The van der Waals surface area contributed by atoms with Gasteiger partial charge in [-0.25, -0.2) is 8.78 Å². The standard InChI is InChI=1S/C26H31F2N3O5.C2H4O2/c1-15(2)25(31-24(34)11-18-10-17(16(3)32)8-9-23(18)36-4)26(35)30-13-19(33)12-29-14-20-21(27)6-5-7-22(20)28;1-2(3)4/h5-10,15,25,29H,11-14H2,1-4H3,(H,30,35)(H,31,34);1H3,(H,3,4). The molecule has 4 N–H and O–H groups in total. The number of carboxylic acids is 1. The van der Waals surface area contributed by atoms with Crippen LogP contribution < -0.4 is 20.7 Å². The van der Waals surface area contributed by atoms with Crippen molar-refractivity contribution < 1.29 is 42.6 Å². The van der Waals surface area contributed by atoms with Crippen molar-refractivity contribution in [2.45, 2.75) is 46.7 Å². The molecule has 1 unspecified atom stereocenters. The molecule has 0 radical (unpaired) electrons. The van der Waals surface area contributed by atoms with Crippen molar-refractivity contribution in [1.29, 1.82) is 0 Å². The van der Waals surface area contributed by atoms with Crippen molar-refractivity contribution >= 4 is 29.4 Å². The smallest absolute Gasteiger partial charge is 0.300 e. The number of ketones is 2. The molecule has 2 amide bonds. The minimum absolute atomic E-state index is 0.115. The fourth-order valence-electron chi connectivity index (χ4n) is 3.45.